The first-order valence-electron chi connectivity index (χ1n) is 4.33. The number of amides is 1. The second-order valence-electron chi connectivity index (χ2n) is 3.41. The maximum absolute atomic E-state index is 10.7. The summed E-state index contributed by atoms with van der Waals surface area (Å²) in [7, 11) is 0. The Morgan fingerprint density at radius 1 is 1.33 bits per heavy atom. The molecule has 0 radical (unpaired) electrons. The van der Waals surface area contributed by atoms with Gasteiger partial charge in [-0.2, -0.15) is 0 Å². The van der Waals surface area contributed by atoms with Crippen LogP contribution in [0.1, 0.15) is 32.1 Å². The number of carbonyl (C=O) groups is 1. The van der Waals surface area contributed by atoms with Gasteiger partial charge >= 0.3 is 0 Å². The van der Waals surface area contributed by atoms with Gasteiger partial charge in [0.05, 0.1) is 6.10 Å². The summed E-state index contributed by atoms with van der Waals surface area (Å²) in [4.78, 5) is 10.7. The molecule has 0 heterocycles. The predicted octanol–water partition coefficient (Wildman–Crippen LogP) is 0.433. The summed E-state index contributed by atoms with van der Waals surface area (Å²) in [6, 6.07) is 0. The van der Waals surface area contributed by atoms with Crippen LogP contribution in [-0.4, -0.2) is 22.3 Å². The Bertz CT molecular complexity index is 152. The minimum absolute atomic E-state index is 0.182. The molecule has 0 aromatic heterocycles. The molecule has 1 fully saturated rings. The van der Waals surface area contributed by atoms with E-state index in [4.69, 9.17) is 10.3 Å². The van der Waals surface area contributed by atoms with Crippen LogP contribution in [0.4, 0.5) is 0 Å². The van der Waals surface area contributed by atoms with Crippen LogP contribution >= 0.6 is 0 Å². The van der Waals surface area contributed by atoms with Gasteiger partial charge < -0.3 is 5.11 Å². The molecule has 0 unspecified atom stereocenters. The predicted molar refractivity (Wildman–Crippen MR) is 42.5 cm³/mol. The Hall–Kier alpha value is -0.610. The van der Waals surface area contributed by atoms with E-state index in [2.05, 4.69) is 0 Å². The Morgan fingerprint density at radius 3 is 2.42 bits per heavy atom. The lowest BCUT2D eigenvalue weighted by atomic mass is 9.85. The van der Waals surface area contributed by atoms with Gasteiger partial charge in [-0.3, -0.25) is 10.0 Å². The van der Waals surface area contributed by atoms with Crippen LogP contribution in [0.5, 0.6) is 0 Å². The SMILES string of the molecule is O=C(CC1CCC(O)CC1)NO. The van der Waals surface area contributed by atoms with Gasteiger partial charge in [0, 0.05) is 6.42 Å². The lowest BCUT2D eigenvalue weighted by Gasteiger charge is -2.24. The van der Waals surface area contributed by atoms with Crippen LogP contribution in [0, 0.1) is 5.92 Å². The standard InChI is InChI=1S/C8H15NO3/c10-7-3-1-6(2-4-7)5-8(11)9-12/h6-7,10,12H,1-5H2,(H,9,11). The number of aliphatic hydroxyl groups is 1. The molecule has 0 aromatic carbocycles. The van der Waals surface area contributed by atoms with Gasteiger partial charge in [-0.25, -0.2) is 5.48 Å². The number of hydrogen-bond acceptors (Lipinski definition) is 3. The van der Waals surface area contributed by atoms with Crippen molar-refractivity contribution in [3.8, 4) is 0 Å². The fourth-order valence-electron chi connectivity index (χ4n) is 1.66. The van der Waals surface area contributed by atoms with Crippen molar-refractivity contribution in [1.82, 2.24) is 5.48 Å². The van der Waals surface area contributed by atoms with Crippen molar-refractivity contribution in [3.05, 3.63) is 0 Å². The van der Waals surface area contributed by atoms with Crippen LogP contribution in [0.15, 0.2) is 0 Å². The van der Waals surface area contributed by atoms with Crippen molar-refractivity contribution in [1.29, 1.82) is 0 Å². The molecule has 1 rings (SSSR count). The molecule has 1 saturated carbocycles. The molecular formula is C8H15NO3. The van der Waals surface area contributed by atoms with Crippen molar-refractivity contribution in [3.63, 3.8) is 0 Å². The molecule has 0 aromatic rings. The van der Waals surface area contributed by atoms with E-state index in [1.165, 1.54) is 0 Å². The quantitative estimate of drug-likeness (QED) is 0.419. The van der Waals surface area contributed by atoms with Crippen LogP contribution in [-0.2, 0) is 4.79 Å². The highest BCUT2D eigenvalue weighted by Crippen LogP contribution is 2.26. The van der Waals surface area contributed by atoms with E-state index >= 15 is 0 Å². The van der Waals surface area contributed by atoms with E-state index in [0.29, 0.717) is 12.3 Å². The third-order valence-corrected chi connectivity index (χ3v) is 2.42. The fraction of sp³-hybridized carbons (Fsp3) is 0.875. The molecule has 1 aliphatic carbocycles. The van der Waals surface area contributed by atoms with E-state index < -0.39 is 0 Å². The highest BCUT2D eigenvalue weighted by atomic mass is 16.5. The maximum Gasteiger partial charge on any atom is 0.243 e. The molecule has 0 spiro atoms. The summed E-state index contributed by atoms with van der Waals surface area (Å²) in [5.41, 5.74) is 1.62. The van der Waals surface area contributed by atoms with Crippen molar-refractivity contribution in [2.24, 2.45) is 5.92 Å². The molecule has 70 valence electrons. The first-order chi connectivity index (χ1) is 5.72. The molecule has 1 aliphatic rings. The topological polar surface area (TPSA) is 69.6 Å². The van der Waals surface area contributed by atoms with E-state index in [1.807, 2.05) is 0 Å². The second kappa shape index (κ2) is 4.42. The van der Waals surface area contributed by atoms with Crippen LogP contribution < -0.4 is 5.48 Å². The van der Waals surface area contributed by atoms with Crippen LogP contribution in [0.25, 0.3) is 0 Å². The number of rotatable bonds is 2. The van der Waals surface area contributed by atoms with Gasteiger partial charge in [0.1, 0.15) is 0 Å². The zero-order valence-electron chi connectivity index (χ0n) is 6.99. The first-order valence-corrected chi connectivity index (χ1v) is 4.33. The molecular weight excluding hydrogens is 158 g/mol. The van der Waals surface area contributed by atoms with Gasteiger partial charge in [0.25, 0.3) is 0 Å². The van der Waals surface area contributed by atoms with Crippen molar-refractivity contribution in [2.75, 3.05) is 0 Å². The molecule has 0 aliphatic heterocycles. The highest BCUT2D eigenvalue weighted by Gasteiger charge is 2.21. The number of aliphatic hydroxyl groups excluding tert-OH is 1. The normalized spacial score (nSPS) is 29.8. The number of nitrogens with one attached hydrogen (secondary N) is 1. The Labute approximate surface area is 71.5 Å². The van der Waals surface area contributed by atoms with E-state index in [9.17, 15) is 4.79 Å². The molecule has 12 heavy (non-hydrogen) atoms. The number of carbonyl (C=O) groups excluding carboxylic acids is 1. The largest absolute Gasteiger partial charge is 0.393 e. The first kappa shape index (κ1) is 9.48. The summed E-state index contributed by atoms with van der Waals surface area (Å²) >= 11 is 0. The van der Waals surface area contributed by atoms with Crippen molar-refractivity contribution in [2.45, 2.75) is 38.2 Å². The van der Waals surface area contributed by atoms with Gasteiger partial charge in [0.15, 0.2) is 0 Å². The summed E-state index contributed by atoms with van der Waals surface area (Å²) in [5.74, 6) is 0.0111. The van der Waals surface area contributed by atoms with E-state index in [-0.39, 0.29) is 12.0 Å². The van der Waals surface area contributed by atoms with Gasteiger partial charge in [-0.1, -0.05) is 0 Å². The fourth-order valence-corrected chi connectivity index (χ4v) is 1.66. The van der Waals surface area contributed by atoms with Gasteiger partial charge in [0.2, 0.25) is 5.91 Å². The molecule has 0 bridgehead atoms. The smallest absolute Gasteiger partial charge is 0.243 e. The minimum atomic E-state index is -0.323. The molecule has 3 N–H and O–H groups in total. The average molecular weight is 173 g/mol. The zero-order chi connectivity index (χ0) is 8.97. The summed E-state index contributed by atoms with van der Waals surface area (Å²) in [6.07, 6.45) is 3.53. The number of hydroxylamine groups is 1. The van der Waals surface area contributed by atoms with Crippen LogP contribution in [0.3, 0.4) is 0 Å². The minimum Gasteiger partial charge on any atom is -0.393 e. The monoisotopic (exact) mass is 173 g/mol. The van der Waals surface area contributed by atoms with Crippen molar-refractivity contribution < 1.29 is 15.1 Å². The van der Waals surface area contributed by atoms with E-state index in [1.54, 1.807) is 5.48 Å². The highest BCUT2D eigenvalue weighted by molar-refractivity contribution is 5.74. The Kier molecular flexibility index (Phi) is 3.49. The molecule has 0 atom stereocenters. The Balaban J connectivity index is 2.21. The van der Waals surface area contributed by atoms with Crippen LogP contribution in [0.2, 0.25) is 0 Å². The third kappa shape index (κ3) is 2.79. The summed E-state index contributed by atoms with van der Waals surface area (Å²) < 4.78 is 0. The van der Waals surface area contributed by atoms with Gasteiger partial charge in [-0.15, -0.1) is 0 Å². The maximum atomic E-state index is 10.7. The average Bonchev–Trinajstić information content (AvgIpc) is 2.09. The molecule has 0 saturated heterocycles. The second-order valence-corrected chi connectivity index (χ2v) is 3.41. The lowest BCUT2D eigenvalue weighted by Crippen LogP contribution is -2.25. The summed E-state index contributed by atoms with van der Waals surface area (Å²) in [6.45, 7) is 0. The number of hydrogen-bond donors (Lipinski definition) is 3. The Morgan fingerprint density at radius 2 is 1.92 bits per heavy atom. The lowest BCUT2D eigenvalue weighted by molar-refractivity contribution is -0.130. The molecule has 4 heteroatoms. The molecule has 4 nitrogen and oxygen atoms in total. The van der Waals surface area contributed by atoms with E-state index in [0.717, 1.165) is 25.7 Å². The van der Waals surface area contributed by atoms with Crippen molar-refractivity contribution >= 4 is 5.91 Å². The third-order valence-electron chi connectivity index (χ3n) is 2.42. The molecule has 1 amide bonds. The van der Waals surface area contributed by atoms with Gasteiger partial charge in [-0.05, 0) is 31.6 Å². The zero-order valence-corrected chi connectivity index (χ0v) is 6.99. The summed E-state index contributed by atoms with van der Waals surface area (Å²) in [5, 5.41) is 17.4.